The zero-order valence-corrected chi connectivity index (χ0v) is 16.7. The van der Waals surface area contributed by atoms with Gasteiger partial charge in [0.15, 0.2) is 0 Å². The molecule has 3 rings (SSSR count). The number of rotatable bonds is 4. The Morgan fingerprint density at radius 3 is 2.69 bits per heavy atom. The number of likely N-dealkylation sites (tertiary alicyclic amines) is 1. The van der Waals surface area contributed by atoms with Crippen LogP contribution in [0.25, 0.3) is 0 Å². The van der Waals surface area contributed by atoms with E-state index in [0.717, 1.165) is 49.2 Å². The molecule has 2 N–H and O–H groups in total. The number of carbonyl (C=O) groups is 2. The molecule has 0 bridgehead atoms. The van der Waals surface area contributed by atoms with E-state index in [9.17, 15) is 9.59 Å². The van der Waals surface area contributed by atoms with Crippen molar-refractivity contribution in [3.8, 4) is 0 Å². The highest BCUT2D eigenvalue weighted by Crippen LogP contribution is 2.39. The number of hydrogen-bond donors (Lipinski definition) is 2. The molecule has 1 spiro atoms. The summed E-state index contributed by atoms with van der Waals surface area (Å²) in [4.78, 5) is 27.0. The predicted molar refractivity (Wildman–Crippen MR) is 106 cm³/mol. The largest absolute Gasteiger partial charge is 0.352 e. The average Bonchev–Trinajstić information content (AvgIpc) is 3.06. The van der Waals surface area contributed by atoms with Gasteiger partial charge in [-0.25, -0.2) is 0 Å². The molecule has 6 heteroatoms. The van der Waals surface area contributed by atoms with Crippen molar-refractivity contribution in [1.82, 2.24) is 15.5 Å². The van der Waals surface area contributed by atoms with Gasteiger partial charge in [-0.15, -0.1) is 11.8 Å². The Morgan fingerprint density at radius 1 is 1.35 bits per heavy atom. The van der Waals surface area contributed by atoms with Crippen LogP contribution in [0, 0.1) is 6.92 Å². The van der Waals surface area contributed by atoms with E-state index in [0.29, 0.717) is 0 Å². The van der Waals surface area contributed by atoms with Crippen LogP contribution in [0.4, 0.5) is 0 Å². The quantitative estimate of drug-likeness (QED) is 0.849. The summed E-state index contributed by atoms with van der Waals surface area (Å²) in [5.74, 6) is 1.02. The first-order valence-corrected chi connectivity index (χ1v) is 10.5. The van der Waals surface area contributed by atoms with Crippen LogP contribution in [0.2, 0.25) is 0 Å². The molecule has 2 aliphatic heterocycles. The summed E-state index contributed by atoms with van der Waals surface area (Å²) in [7, 11) is 0. The van der Waals surface area contributed by atoms with E-state index in [1.807, 2.05) is 54.8 Å². The first kappa shape index (κ1) is 19.2. The van der Waals surface area contributed by atoms with Crippen molar-refractivity contribution >= 4 is 23.6 Å². The normalized spacial score (nSPS) is 23.0. The first-order valence-electron chi connectivity index (χ1n) is 9.51. The van der Waals surface area contributed by atoms with Crippen molar-refractivity contribution in [2.24, 2.45) is 0 Å². The summed E-state index contributed by atoms with van der Waals surface area (Å²) < 4.78 is 0. The van der Waals surface area contributed by atoms with Crippen LogP contribution in [0.15, 0.2) is 24.3 Å². The number of hydrogen-bond acceptors (Lipinski definition) is 4. The monoisotopic (exact) mass is 375 g/mol. The van der Waals surface area contributed by atoms with Gasteiger partial charge < -0.3 is 10.2 Å². The third-order valence-electron chi connectivity index (χ3n) is 5.51. The summed E-state index contributed by atoms with van der Waals surface area (Å²) >= 11 is 1.84. The molecule has 5 nitrogen and oxygen atoms in total. The lowest BCUT2D eigenvalue weighted by molar-refractivity contribution is -0.123. The van der Waals surface area contributed by atoms with Gasteiger partial charge in [0.2, 0.25) is 5.91 Å². The number of nitrogens with zero attached hydrogens (tertiary/aromatic N) is 1. The second-order valence-corrected chi connectivity index (χ2v) is 8.83. The highest BCUT2D eigenvalue weighted by Gasteiger charge is 2.44. The molecule has 0 saturated carbocycles. The van der Waals surface area contributed by atoms with E-state index in [4.69, 9.17) is 0 Å². The first-order chi connectivity index (χ1) is 12.4. The Kier molecular flexibility index (Phi) is 5.92. The second-order valence-electron chi connectivity index (χ2n) is 7.43. The number of benzene rings is 1. The van der Waals surface area contributed by atoms with Crippen LogP contribution < -0.4 is 10.6 Å². The Bertz CT molecular complexity index is 671. The van der Waals surface area contributed by atoms with Crippen molar-refractivity contribution in [1.29, 1.82) is 0 Å². The summed E-state index contributed by atoms with van der Waals surface area (Å²) in [5.41, 5.74) is 1.81. The van der Waals surface area contributed by atoms with E-state index in [-0.39, 0.29) is 28.8 Å². The van der Waals surface area contributed by atoms with Gasteiger partial charge in [-0.3, -0.25) is 14.9 Å². The van der Waals surface area contributed by atoms with E-state index in [1.54, 1.807) is 0 Å². The number of aryl methyl sites for hydroxylation is 1. The van der Waals surface area contributed by atoms with Crippen LogP contribution in [0.1, 0.15) is 49.0 Å². The molecule has 0 aliphatic carbocycles. The second kappa shape index (κ2) is 8.01. The molecular formula is C20H29N3O2S. The van der Waals surface area contributed by atoms with E-state index < -0.39 is 0 Å². The lowest BCUT2D eigenvalue weighted by Gasteiger charge is -2.39. The van der Waals surface area contributed by atoms with E-state index in [2.05, 4.69) is 17.6 Å². The molecule has 2 atom stereocenters. The van der Waals surface area contributed by atoms with Crippen molar-refractivity contribution in [3.05, 3.63) is 35.4 Å². The molecule has 2 heterocycles. The molecule has 2 fully saturated rings. The fourth-order valence-corrected chi connectivity index (χ4v) is 4.99. The van der Waals surface area contributed by atoms with Gasteiger partial charge in [-0.1, -0.05) is 25.1 Å². The fraction of sp³-hybridized carbons (Fsp3) is 0.600. The molecule has 1 aromatic rings. The van der Waals surface area contributed by atoms with E-state index >= 15 is 0 Å². The van der Waals surface area contributed by atoms with Gasteiger partial charge in [0, 0.05) is 30.4 Å². The van der Waals surface area contributed by atoms with Crippen LogP contribution in [-0.2, 0) is 4.79 Å². The maximum absolute atomic E-state index is 12.8. The number of carbonyl (C=O) groups excluding carboxylic acids is 2. The molecule has 2 unspecified atom stereocenters. The average molecular weight is 376 g/mol. The van der Waals surface area contributed by atoms with Crippen LogP contribution in [0.5, 0.6) is 0 Å². The zero-order chi connectivity index (χ0) is 18.7. The van der Waals surface area contributed by atoms with Crippen LogP contribution in [0.3, 0.4) is 0 Å². The molecular weight excluding hydrogens is 346 g/mol. The minimum Gasteiger partial charge on any atom is -0.352 e. The smallest absolute Gasteiger partial charge is 0.254 e. The minimum atomic E-state index is -0.132. The van der Waals surface area contributed by atoms with Crippen molar-refractivity contribution < 1.29 is 9.59 Å². The fourth-order valence-electron chi connectivity index (χ4n) is 3.57. The highest BCUT2D eigenvalue weighted by atomic mass is 32.2. The van der Waals surface area contributed by atoms with Crippen LogP contribution >= 0.6 is 11.8 Å². The molecule has 0 aromatic heterocycles. The minimum absolute atomic E-state index is 0.0695. The summed E-state index contributed by atoms with van der Waals surface area (Å²) in [6.45, 7) is 7.54. The van der Waals surface area contributed by atoms with Crippen LogP contribution in [-0.4, -0.2) is 52.5 Å². The molecule has 142 valence electrons. The Labute approximate surface area is 160 Å². The van der Waals surface area contributed by atoms with Gasteiger partial charge in [-0.2, -0.15) is 0 Å². The topological polar surface area (TPSA) is 61.4 Å². The Hall–Kier alpha value is -1.53. The Morgan fingerprint density at radius 2 is 2.04 bits per heavy atom. The maximum Gasteiger partial charge on any atom is 0.254 e. The summed E-state index contributed by atoms with van der Waals surface area (Å²) in [6, 6.07) is 7.83. The molecule has 2 saturated heterocycles. The number of thioether (sulfide) groups is 1. The SMILES string of the molecule is CCC(C)NC(=O)C1CSC2(CCN(C(=O)c3ccccc3C)CC2)N1. The molecule has 2 aliphatic rings. The molecule has 1 aromatic carbocycles. The molecule has 0 radical (unpaired) electrons. The van der Waals surface area contributed by atoms with Gasteiger partial charge in [0.25, 0.3) is 5.91 Å². The van der Waals surface area contributed by atoms with Gasteiger partial charge >= 0.3 is 0 Å². The van der Waals surface area contributed by atoms with Gasteiger partial charge in [-0.05, 0) is 44.7 Å². The third-order valence-corrected chi connectivity index (χ3v) is 7.09. The molecule has 2 amide bonds. The van der Waals surface area contributed by atoms with E-state index in [1.165, 1.54) is 0 Å². The van der Waals surface area contributed by atoms with Crippen molar-refractivity contribution in [2.45, 2.75) is 57.0 Å². The maximum atomic E-state index is 12.8. The zero-order valence-electron chi connectivity index (χ0n) is 15.9. The lowest BCUT2D eigenvalue weighted by atomic mass is 10.0. The lowest BCUT2D eigenvalue weighted by Crippen LogP contribution is -2.55. The predicted octanol–water partition coefficient (Wildman–Crippen LogP) is 2.55. The number of amides is 2. The summed E-state index contributed by atoms with van der Waals surface area (Å²) in [5, 5.41) is 6.63. The number of piperidine rings is 1. The van der Waals surface area contributed by atoms with Crippen molar-refractivity contribution in [3.63, 3.8) is 0 Å². The molecule has 26 heavy (non-hydrogen) atoms. The highest BCUT2D eigenvalue weighted by molar-refractivity contribution is 8.01. The third kappa shape index (κ3) is 4.07. The number of nitrogens with one attached hydrogen (secondary N) is 2. The summed E-state index contributed by atoms with van der Waals surface area (Å²) in [6.07, 6.45) is 2.69. The van der Waals surface area contributed by atoms with Gasteiger partial charge in [0.1, 0.15) is 0 Å². The van der Waals surface area contributed by atoms with Gasteiger partial charge in [0.05, 0.1) is 10.9 Å². The standard InChI is InChI=1S/C20H29N3O2S/c1-4-15(3)21-18(24)17-13-26-20(22-17)9-11-23(12-10-20)19(25)16-8-6-5-7-14(16)2/h5-8,15,17,22H,4,9-13H2,1-3H3,(H,21,24). The van der Waals surface area contributed by atoms with Crippen molar-refractivity contribution in [2.75, 3.05) is 18.8 Å². The Balaban J connectivity index is 1.56.